The van der Waals surface area contributed by atoms with Crippen molar-refractivity contribution in [3.63, 3.8) is 0 Å². The van der Waals surface area contributed by atoms with E-state index in [4.69, 9.17) is 9.47 Å². The molecular weight excluding hydrogens is 306 g/mol. The van der Waals surface area contributed by atoms with Crippen molar-refractivity contribution in [2.75, 3.05) is 0 Å². The van der Waals surface area contributed by atoms with Gasteiger partial charge in [0.15, 0.2) is 0 Å². The Morgan fingerprint density at radius 1 is 1.04 bits per heavy atom. The molecule has 4 rings (SSSR count). The summed E-state index contributed by atoms with van der Waals surface area (Å²) in [5, 5.41) is 2.07. The van der Waals surface area contributed by atoms with Gasteiger partial charge in [0, 0.05) is 36.2 Å². The van der Waals surface area contributed by atoms with Crippen molar-refractivity contribution in [3.05, 3.63) is 59.9 Å². The molecule has 0 unspecified atom stereocenters. The van der Waals surface area contributed by atoms with Gasteiger partial charge in [0.05, 0.1) is 0 Å². The first-order chi connectivity index (χ1) is 11.7. The number of carbonyl (C=O) groups excluding carboxylic acids is 2. The van der Waals surface area contributed by atoms with Gasteiger partial charge in [-0.1, -0.05) is 36.4 Å². The van der Waals surface area contributed by atoms with E-state index in [1.807, 2.05) is 24.3 Å². The Morgan fingerprint density at radius 3 is 2.50 bits per heavy atom. The Kier molecular flexibility index (Phi) is 3.41. The fourth-order valence-electron chi connectivity index (χ4n) is 2.88. The third-order valence-corrected chi connectivity index (χ3v) is 4.35. The van der Waals surface area contributed by atoms with Gasteiger partial charge in [-0.2, -0.15) is 0 Å². The van der Waals surface area contributed by atoms with Crippen LogP contribution in [0.3, 0.4) is 0 Å². The summed E-state index contributed by atoms with van der Waals surface area (Å²) in [5.41, 5.74) is 0.815. The monoisotopic (exact) mass is 321 g/mol. The van der Waals surface area contributed by atoms with Crippen molar-refractivity contribution in [2.45, 2.75) is 25.0 Å². The standard InChI is InChI=1S/C19H15NO4/c21-17-16(18(22)24-19(23-17)9-4-10-19)8-3-6-14-12-20-11-13-5-1-2-7-15(13)14/h1-3,5-8,11-12H,4,9-10H2. The predicted octanol–water partition coefficient (Wildman–Crippen LogP) is 3.15. The SMILES string of the molecule is O=C1OC2(CCC2)OC(=O)C1=CC=Cc1cncc2ccccc12. The molecule has 0 atom stereocenters. The molecule has 0 amide bonds. The van der Waals surface area contributed by atoms with Crippen LogP contribution in [0.2, 0.25) is 0 Å². The quantitative estimate of drug-likeness (QED) is 0.483. The lowest BCUT2D eigenvalue weighted by atomic mass is 9.90. The number of pyridine rings is 1. The molecule has 1 saturated carbocycles. The number of allylic oxidation sites excluding steroid dienone is 2. The minimum atomic E-state index is -1.01. The van der Waals surface area contributed by atoms with E-state index in [1.54, 1.807) is 24.5 Å². The Bertz CT molecular complexity index is 866. The third kappa shape index (κ3) is 2.48. The number of carbonyl (C=O) groups is 2. The van der Waals surface area contributed by atoms with Crippen LogP contribution in [0.5, 0.6) is 0 Å². The minimum Gasteiger partial charge on any atom is -0.419 e. The number of hydrogen-bond acceptors (Lipinski definition) is 5. The Balaban J connectivity index is 1.59. The largest absolute Gasteiger partial charge is 0.419 e. The summed E-state index contributed by atoms with van der Waals surface area (Å²) >= 11 is 0. The number of ether oxygens (including phenoxy) is 2. The highest BCUT2D eigenvalue weighted by Gasteiger charge is 2.50. The van der Waals surface area contributed by atoms with E-state index >= 15 is 0 Å². The molecule has 1 aliphatic heterocycles. The van der Waals surface area contributed by atoms with E-state index in [2.05, 4.69) is 4.98 Å². The lowest BCUT2D eigenvalue weighted by Crippen LogP contribution is -2.51. The molecule has 0 radical (unpaired) electrons. The first-order valence-corrected chi connectivity index (χ1v) is 7.85. The molecule has 2 heterocycles. The topological polar surface area (TPSA) is 65.5 Å². The van der Waals surface area contributed by atoms with Crippen molar-refractivity contribution in [3.8, 4) is 0 Å². The lowest BCUT2D eigenvalue weighted by Gasteiger charge is -2.42. The summed E-state index contributed by atoms with van der Waals surface area (Å²) in [5.74, 6) is -2.24. The highest BCUT2D eigenvalue weighted by atomic mass is 16.7. The van der Waals surface area contributed by atoms with E-state index in [-0.39, 0.29) is 5.57 Å². The highest BCUT2D eigenvalue weighted by molar-refractivity contribution is 6.15. The molecule has 0 bridgehead atoms. The second-order valence-corrected chi connectivity index (χ2v) is 5.93. The molecular formula is C19H15NO4. The smallest absolute Gasteiger partial charge is 0.348 e. The molecule has 1 spiro atoms. The summed E-state index contributed by atoms with van der Waals surface area (Å²) in [7, 11) is 0. The predicted molar refractivity (Wildman–Crippen MR) is 87.6 cm³/mol. The fourth-order valence-corrected chi connectivity index (χ4v) is 2.88. The van der Waals surface area contributed by atoms with Gasteiger partial charge in [0.1, 0.15) is 5.57 Å². The molecule has 0 N–H and O–H groups in total. The maximum Gasteiger partial charge on any atom is 0.348 e. The maximum absolute atomic E-state index is 12.0. The number of rotatable bonds is 2. The first-order valence-electron chi connectivity index (χ1n) is 7.85. The van der Waals surface area contributed by atoms with E-state index < -0.39 is 17.7 Å². The van der Waals surface area contributed by atoms with Crippen molar-refractivity contribution in [1.29, 1.82) is 0 Å². The van der Waals surface area contributed by atoms with Crippen LogP contribution < -0.4 is 0 Å². The molecule has 2 fully saturated rings. The third-order valence-electron chi connectivity index (χ3n) is 4.35. The van der Waals surface area contributed by atoms with Crippen LogP contribution in [-0.4, -0.2) is 22.7 Å². The van der Waals surface area contributed by atoms with Gasteiger partial charge in [-0.15, -0.1) is 0 Å². The summed E-state index contributed by atoms with van der Waals surface area (Å²) in [4.78, 5) is 28.3. The van der Waals surface area contributed by atoms with Gasteiger partial charge in [-0.05, 0) is 17.9 Å². The van der Waals surface area contributed by atoms with Gasteiger partial charge >= 0.3 is 11.9 Å². The maximum atomic E-state index is 12.0. The van der Waals surface area contributed by atoms with Gasteiger partial charge in [0.2, 0.25) is 0 Å². The second kappa shape index (κ2) is 5.60. The number of hydrogen-bond donors (Lipinski definition) is 0. The molecule has 1 saturated heterocycles. The zero-order chi connectivity index (χ0) is 16.6. The molecule has 5 heteroatoms. The summed E-state index contributed by atoms with van der Waals surface area (Å²) in [6.45, 7) is 0. The van der Waals surface area contributed by atoms with Crippen LogP contribution >= 0.6 is 0 Å². The normalized spacial score (nSPS) is 19.2. The fraction of sp³-hybridized carbons (Fsp3) is 0.211. The van der Waals surface area contributed by atoms with Crippen LogP contribution in [0, 0.1) is 0 Å². The van der Waals surface area contributed by atoms with Crippen molar-refractivity contribution >= 4 is 28.8 Å². The molecule has 5 nitrogen and oxygen atoms in total. The van der Waals surface area contributed by atoms with Crippen LogP contribution in [0.1, 0.15) is 24.8 Å². The Hall–Kier alpha value is -2.95. The highest BCUT2D eigenvalue weighted by Crippen LogP contribution is 2.40. The van der Waals surface area contributed by atoms with Crippen molar-refractivity contribution < 1.29 is 19.1 Å². The van der Waals surface area contributed by atoms with Crippen LogP contribution in [-0.2, 0) is 19.1 Å². The number of aromatic nitrogens is 1. The molecule has 120 valence electrons. The van der Waals surface area contributed by atoms with Crippen LogP contribution in [0.4, 0.5) is 0 Å². The van der Waals surface area contributed by atoms with E-state index in [0.717, 1.165) is 22.8 Å². The zero-order valence-electron chi connectivity index (χ0n) is 12.9. The number of esters is 2. The molecule has 1 aliphatic carbocycles. The van der Waals surface area contributed by atoms with Gasteiger partial charge < -0.3 is 9.47 Å². The zero-order valence-corrected chi connectivity index (χ0v) is 12.9. The molecule has 24 heavy (non-hydrogen) atoms. The van der Waals surface area contributed by atoms with Gasteiger partial charge in [-0.3, -0.25) is 4.98 Å². The van der Waals surface area contributed by atoms with Crippen LogP contribution in [0.15, 0.2) is 54.4 Å². The number of fused-ring (bicyclic) bond motifs is 1. The molecule has 1 aromatic carbocycles. The average Bonchev–Trinajstić information content (AvgIpc) is 2.56. The lowest BCUT2D eigenvalue weighted by molar-refractivity contribution is -0.261. The van der Waals surface area contributed by atoms with Crippen molar-refractivity contribution in [2.24, 2.45) is 0 Å². The minimum absolute atomic E-state index is 0.0861. The second-order valence-electron chi connectivity index (χ2n) is 5.93. The summed E-state index contributed by atoms with van der Waals surface area (Å²) in [6, 6.07) is 7.87. The first kappa shape index (κ1) is 14.6. The molecule has 1 aromatic heterocycles. The number of benzene rings is 1. The Labute approximate surface area is 138 Å². The molecule has 2 aromatic rings. The van der Waals surface area contributed by atoms with Crippen LogP contribution in [0.25, 0.3) is 16.8 Å². The van der Waals surface area contributed by atoms with E-state index in [1.165, 1.54) is 6.08 Å². The van der Waals surface area contributed by atoms with Gasteiger partial charge in [-0.25, -0.2) is 9.59 Å². The van der Waals surface area contributed by atoms with E-state index in [9.17, 15) is 9.59 Å². The number of nitrogens with zero attached hydrogens (tertiary/aromatic N) is 1. The molecule has 2 aliphatic rings. The summed E-state index contributed by atoms with van der Waals surface area (Å²) in [6.07, 6.45) is 10.4. The summed E-state index contributed by atoms with van der Waals surface area (Å²) < 4.78 is 10.5. The average molecular weight is 321 g/mol. The van der Waals surface area contributed by atoms with Crippen molar-refractivity contribution in [1.82, 2.24) is 4.98 Å². The van der Waals surface area contributed by atoms with Gasteiger partial charge in [0.25, 0.3) is 5.79 Å². The van der Waals surface area contributed by atoms with E-state index in [0.29, 0.717) is 12.8 Å². The Morgan fingerprint density at radius 2 is 1.79 bits per heavy atom.